The van der Waals surface area contributed by atoms with E-state index in [4.69, 9.17) is 9.40 Å². The molecule has 2 N–H and O–H groups in total. The number of para-hydroxylation sites is 1. The minimum Gasteiger partial charge on any atom is -0.508 e. The van der Waals surface area contributed by atoms with Gasteiger partial charge in [-0.3, -0.25) is 4.79 Å². The summed E-state index contributed by atoms with van der Waals surface area (Å²) < 4.78 is 5.95. The van der Waals surface area contributed by atoms with E-state index in [1.165, 1.54) is 12.1 Å². The van der Waals surface area contributed by atoms with Crippen molar-refractivity contribution in [1.82, 2.24) is 4.98 Å². The maximum atomic E-state index is 13.6. The number of hydrogen-bond acceptors (Lipinski definition) is 6. The Hall–Kier alpha value is -5.17. The molecule has 5 aromatic rings. The Labute approximate surface area is 238 Å². The van der Waals surface area contributed by atoms with Gasteiger partial charge in [-0.05, 0) is 48.9 Å². The fourth-order valence-corrected chi connectivity index (χ4v) is 4.88. The zero-order valence-electron chi connectivity index (χ0n) is 22.6. The average molecular weight is 547 g/mol. The Bertz CT molecular complexity index is 1630. The van der Waals surface area contributed by atoms with Gasteiger partial charge in [-0.25, -0.2) is 9.78 Å². The minimum absolute atomic E-state index is 0.104. The number of nitrogens with zero attached hydrogens (tertiary/aromatic N) is 2. The number of aromatic hydroxyl groups is 1. The van der Waals surface area contributed by atoms with Crippen LogP contribution in [0.1, 0.15) is 32.9 Å². The van der Waals surface area contributed by atoms with Crippen LogP contribution in [0.5, 0.6) is 5.75 Å². The molecule has 0 unspecified atom stereocenters. The van der Waals surface area contributed by atoms with Gasteiger partial charge in [0, 0.05) is 41.8 Å². The van der Waals surface area contributed by atoms with E-state index in [0.717, 1.165) is 16.8 Å². The summed E-state index contributed by atoms with van der Waals surface area (Å²) in [6.07, 6.45) is 0.561. The number of phenols is 1. The zero-order valence-corrected chi connectivity index (χ0v) is 22.6. The minimum atomic E-state index is -1.03. The van der Waals surface area contributed by atoms with Gasteiger partial charge in [0.2, 0.25) is 5.89 Å². The second-order valence-electron chi connectivity index (χ2n) is 9.77. The quantitative estimate of drug-likeness (QED) is 0.187. The number of anilines is 1. The Morgan fingerprint density at radius 3 is 2.17 bits per heavy atom. The smallest absolute Gasteiger partial charge is 0.326 e. The number of ketones is 1. The van der Waals surface area contributed by atoms with Gasteiger partial charge in [-0.1, -0.05) is 72.8 Å². The van der Waals surface area contributed by atoms with Crippen LogP contribution < -0.4 is 4.90 Å². The molecule has 7 nitrogen and oxygen atoms in total. The molecule has 4 aromatic carbocycles. The molecule has 0 aliphatic heterocycles. The molecule has 0 saturated carbocycles. The zero-order chi connectivity index (χ0) is 28.8. The maximum absolute atomic E-state index is 13.6. The standard InChI is InChI=1S/C34H30N2O5/c1-23-29(35-33(41-23)26-12-6-3-7-13-26)20-21-36(31(34(39)40)22-24-16-18-27(37)19-17-24)30-15-9-8-14-28(30)32(38)25-10-4-2-5-11-25/h2-19,31,37H,20-22H2,1H3,(H,39,40)/t31-/m0/s1. The molecule has 0 radical (unpaired) electrons. The number of carboxylic acids is 1. The molecule has 7 heteroatoms. The number of phenolic OH excluding ortho intramolecular Hbond substituents is 1. The van der Waals surface area contributed by atoms with Crippen LogP contribution in [-0.2, 0) is 17.6 Å². The van der Waals surface area contributed by atoms with E-state index >= 15 is 0 Å². The van der Waals surface area contributed by atoms with Gasteiger partial charge >= 0.3 is 5.97 Å². The predicted octanol–water partition coefficient (Wildman–Crippen LogP) is 6.33. The lowest BCUT2D eigenvalue weighted by Gasteiger charge is -2.32. The number of aryl methyl sites for hydroxylation is 1. The van der Waals surface area contributed by atoms with Crippen LogP contribution in [0.4, 0.5) is 5.69 Å². The predicted molar refractivity (Wildman–Crippen MR) is 157 cm³/mol. The summed E-state index contributed by atoms with van der Waals surface area (Å²) in [5.41, 5.74) is 3.78. The summed E-state index contributed by atoms with van der Waals surface area (Å²) in [6, 6.07) is 31.1. The third kappa shape index (κ3) is 6.36. The Morgan fingerprint density at radius 1 is 0.854 bits per heavy atom. The van der Waals surface area contributed by atoms with Crippen molar-refractivity contribution in [2.24, 2.45) is 0 Å². The number of carbonyl (C=O) groups is 2. The molecule has 1 atom stereocenters. The van der Waals surface area contributed by atoms with Crippen LogP contribution in [0, 0.1) is 6.92 Å². The van der Waals surface area contributed by atoms with Crippen molar-refractivity contribution in [1.29, 1.82) is 0 Å². The first-order chi connectivity index (χ1) is 19.9. The molecule has 0 fully saturated rings. The molecule has 0 saturated heterocycles. The maximum Gasteiger partial charge on any atom is 0.326 e. The van der Waals surface area contributed by atoms with Gasteiger partial charge in [0.1, 0.15) is 17.6 Å². The third-order valence-electron chi connectivity index (χ3n) is 7.02. The molecule has 206 valence electrons. The van der Waals surface area contributed by atoms with E-state index < -0.39 is 12.0 Å². The Morgan fingerprint density at radius 2 is 1.49 bits per heavy atom. The van der Waals surface area contributed by atoms with Gasteiger partial charge in [0.15, 0.2) is 5.78 Å². The topological polar surface area (TPSA) is 104 Å². The van der Waals surface area contributed by atoms with Crippen LogP contribution in [0.25, 0.3) is 11.5 Å². The van der Waals surface area contributed by atoms with E-state index in [-0.39, 0.29) is 24.5 Å². The van der Waals surface area contributed by atoms with Crippen molar-refractivity contribution < 1.29 is 24.2 Å². The summed E-state index contributed by atoms with van der Waals surface area (Å²) in [6.45, 7) is 2.12. The summed E-state index contributed by atoms with van der Waals surface area (Å²) in [5, 5.41) is 20.2. The highest BCUT2D eigenvalue weighted by Gasteiger charge is 2.30. The van der Waals surface area contributed by atoms with E-state index in [1.54, 1.807) is 65.6 Å². The molecule has 5 rings (SSSR count). The number of aromatic nitrogens is 1. The lowest BCUT2D eigenvalue weighted by atomic mass is 9.98. The second kappa shape index (κ2) is 12.3. The van der Waals surface area contributed by atoms with Crippen LogP contribution in [0.15, 0.2) is 114 Å². The number of carboxylic acid groups (broad SMARTS) is 1. The lowest BCUT2D eigenvalue weighted by molar-refractivity contribution is -0.138. The molecule has 1 aromatic heterocycles. The van der Waals surface area contributed by atoms with Crippen LogP contribution in [-0.4, -0.2) is 39.5 Å². The first kappa shape index (κ1) is 27.4. The Kier molecular flexibility index (Phi) is 8.25. The van der Waals surface area contributed by atoms with Crippen molar-refractivity contribution in [3.63, 3.8) is 0 Å². The molecule has 0 aliphatic carbocycles. The molecular weight excluding hydrogens is 516 g/mol. The number of oxazole rings is 1. The van der Waals surface area contributed by atoms with Gasteiger partial charge in [-0.2, -0.15) is 0 Å². The van der Waals surface area contributed by atoms with Crippen molar-refractivity contribution >= 4 is 17.4 Å². The summed E-state index contributed by atoms with van der Waals surface area (Å²) in [7, 11) is 0. The number of rotatable bonds is 11. The lowest BCUT2D eigenvalue weighted by Crippen LogP contribution is -2.45. The summed E-state index contributed by atoms with van der Waals surface area (Å²) in [4.78, 5) is 32.9. The van der Waals surface area contributed by atoms with Crippen molar-refractivity contribution in [2.45, 2.75) is 25.8 Å². The fourth-order valence-electron chi connectivity index (χ4n) is 4.88. The first-order valence-corrected chi connectivity index (χ1v) is 13.4. The number of hydrogen-bond donors (Lipinski definition) is 2. The Balaban J connectivity index is 1.53. The summed E-state index contributed by atoms with van der Waals surface area (Å²) in [5.74, 6) is 0.0453. The largest absolute Gasteiger partial charge is 0.508 e. The highest BCUT2D eigenvalue weighted by Crippen LogP contribution is 2.29. The third-order valence-corrected chi connectivity index (χ3v) is 7.02. The van der Waals surface area contributed by atoms with Crippen LogP contribution in [0.2, 0.25) is 0 Å². The molecule has 1 heterocycles. The summed E-state index contributed by atoms with van der Waals surface area (Å²) >= 11 is 0. The highest BCUT2D eigenvalue weighted by atomic mass is 16.4. The number of aliphatic carboxylic acids is 1. The van der Waals surface area contributed by atoms with E-state index in [2.05, 4.69) is 0 Å². The molecule has 41 heavy (non-hydrogen) atoms. The first-order valence-electron chi connectivity index (χ1n) is 13.4. The van der Waals surface area contributed by atoms with E-state index in [9.17, 15) is 19.8 Å². The fraction of sp³-hybridized carbons (Fsp3) is 0.147. The number of benzene rings is 4. The highest BCUT2D eigenvalue weighted by molar-refractivity contribution is 6.12. The van der Waals surface area contributed by atoms with Gasteiger partial charge in [-0.15, -0.1) is 0 Å². The number of carbonyl (C=O) groups excluding carboxylic acids is 1. The van der Waals surface area contributed by atoms with Crippen molar-refractivity contribution in [3.05, 3.63) is 137 Å². The molecule has 0 amide bonds. The normalized spacial score (nSPS) is 11.6. The van der Waals surface area contributed by atoms with Crippen LogP contribution in [0.3, 0.4) is 0 Å². The second-order valence-corrected chi connectivity index (χ2v) is 9.77. The van der Waals surface area contributed by atoms with Crippen molar-refractivity contribution in [2.75, 3.05) is 11.4 Å². The van der Waals surface area contributed by atoms with Gasteiger partial charge in [0.25, 0.3) is 0 Å². The van der Waals surface area contributed by atoms with Crippen molar-refractivity contribution in [3.8, 4) is 17.2 Å². The van der Waals surface area contributed by atoms with E-state index in [1.807, 2.05) is 43.3 Å². The van der Waals surface area contributed by atoms with Crippen LogP contribution >= 0.6 is 0 Å². The van der Waals surface area contributed by atoms with Gasteiger partial charge < -0.3 is 19.5 Å². The van der Waals surface area contributed by atoms with E-state index in [0.29, 0.717) is 34.9 Å². The average Bonchev–Trinajstić information content (AvgIpc) is 3.38. The van der Waals surface area contributed by atoms with Gasteiger partial charge in [0.05, 0.1) is 5.69 Å². The molecule has 0 spiro atoms. The molecule has 0 bridgehead atoms. The SMILES string of the molecule is Cc1oc(-c2ccccc2)nc1CCN(c1ccccc1C(=O)c1ccccc1)[C@@H](Cc1ccc(O)cc1)C(=O)O. The molecule has 0 aliphatic rings. The monoisotopic (exact) mass is 546 g/mol. The molecular formula is C34H30N2O5.